The average molecular weight is 149 g/mol. The van der Waals surface area contributed by atoms with Gasteiger partial charge in [-0.05, 0) is 25.2 Å². The van der Waals surface area contributed by atoms with Crippen LogP contribution in [0.3, 0.4) is 0 Å². The van der Waals surface area contributed by atoms with Crippen molar-refractivity contribution in [3.63, 3.8) is 0 Å². The first-order valence-corrected chi connectivity index (χ1v) is 4.18. The molecule has 3 atom stereocenters. The summed E-state index contributed by atoms with van der Waals surface area (Å²) in [4.78, 5) is 0. The van der Waals surface area contributed by atoms with Crippen LogP contribution in [0.1, 0.15) is 27.2 Å². The van der Waals surface area contributed by atoms with Crippen LogP contribution < -0.4 is 0 Å². The van der Waals surface area contributed by atoms with Crippen molar-refractivity contribution in [2.45, 2.75) is 27.2 Å². The summed E-state index contributed by atoms with van der Waals surface area (Å²) in [6, 6.07) is 2.34. The summed E-state index contributed by atoms with van der Waals surface area (Å²) >= 11 is 0. The molecule has 0 amide bonds. The van der Waals surface area contributed by atoms with E-state index in [-0.39, 0.29) is 5.41 Å². The monoisotopic (exact) mass is 149 g/mol. The third-order valence-corrected chi connectivity index (χ3v) is 2.67. The van der Waals surface area contributed by atoms with Crippen LogP contribution in [-0.2, 0) is 0 Å². The highest BCUT2D eigenvalue weighted by atomic mass is 14.4. The Kier molecular flexibility index (Phi) is 2.04. The van der Waals surface area contributed by atoms with Crippen LogP contribution in [0.5, 0.6) is 0 Å². The number of rotatable bonds is 0. The molecule has 0 aromatic heterocycles. The number of nitrogens with zero attached hydrogens (tertiary/aromatic N) is 1. The van der Waals surface area contributed by atoms with E-state index >= 15 is 0 Å². The minimum atomic E-state index is -0.202. The van der Waals surface area contributed by atoms with Gasteiger partial charge in [0.05, 0.1) is 11.5 Å². The van der Waals surface area contributed by atoms with E-state index in [1.165, 1.54) is 0 Å². The molecule has 1 nitrogen and oxygen atoms in total. The molecular weight excluding hydrogens is 134 g/mol. The molecule has 1 heteroatoms. The molecule has 3 unspecified atom stereocenters. The van der Waals surface area contributed by atoms with Gasteiger partial charge in [-0.3, -0.25) is 0 Å². The van der Waals surface area contributed by atoms with Gasteiger partial charge in [0, 0.05) is 0 Å². The molecule has 1 aliphatic carbocycles. The van der Waals surface area contributed by atoms with E-state index in [0.29, 0.717) is 11.8 Å². The maximum atomic E-state index is 8.85. The van der Waals surface area contributed by atoms with Gasteiger partial charge in [-0.1, -0.05) is 26.0 Å². The van der Waals surface area contributed by atoms with Crippen molar-refractivity contribution in [3.8, 4) is 6.07 Å². The smallest absolute Gasteiger partial charge is 0.0728 e. The van der Waals surface area contributed by atoms with Crippen molar-refractivity contribution in [2.75, 3.05) is 0 Å². The summed E-state index contributed by atoms with van der Waals surface area (Å²) in [6.07, 6.45) is 5.22. The highest BCUT2D eigenvalue weighted by Crippen LogP contribution is 2.35. The number of allylic oxidation sites excluding steroid dienone is 2. The molecule has 1 aliphatic rings. The van der Waals surface area contributed by atoms with Gasteiger partial charge in [0.2, 0.25) is 0 Å². The van der Waals surface area contributed by atoms with Crippen LogP contribution in [-0.4, -0.2) is 0 Å². The molecule has 0 aromatic carbocycles. The lowest BCUT2D eigenvalue weighted by Gasteiger charge is -2.29. The van der Waals surface area contributed by atoms with E-state index in [9.17, 15) is 0 Å². The molecular formula is C10H15N. The topological polar surface area (TPSA) is 23.8 Å². The zero-order valence-electron chi connectivity index (χ0n) is 7.46. The van der Waals surface area contributed by atoms with Gasteiger partial charge in [-0.25, -0.2) is 0 Å². The van der Waals surface area contributed by atoms with E-state index in [2.05, 4.69) is 32.1 Å². The Hall–Kier alpha value is -0.770. The Morgan fingerprint density at radius 3 is 2.64 bits per heavy atom. The molecule has 0 fully saturated rings. The third-order valence-electron chi connectivity index (χ3n) is 2.67. The highest BCUT2D eigenvalue weighted by Gasteiger charge is 2.29. The fourth-order valence-corrected chi connectivity index (χ4v) is 1.56. The Balaban J connectivity index is 2.80. The molecule has 0 aliphatic heterocycles. The van der Waals surface area contributed by atoms with Gasteiger partial charge in [0.1, 0.15) is 0 Å². The molecule has 1 rings (SSSR count). The van der Waals surface area contributed by atoms with Gasteiger partial charge in [-0.15, -0.1) is 0 Å². The molecule has 0 bridgehead atoms. The van der Waals surface area contributed by atoms with Crippen molar-refractivity contribution >= 4 is 0 Å². The molecule has 0 heterocycles. The van der Waals surface area contributed by atoms with Crippen molar-refractivity contribution in [1.82, 2.24) is 0 Å². The third kappa shape index (κ3) is 1.63. The first kappa shape index (κ1) is 8.33. The number of hydrogen-bond acceptors (Lipinski definition) is 1. The normalized spacial score (nSPS) is 43.5. The van der Waals surface area contributed by atoms with E-state index in [1.54, 1.807) is 0 Å². The quantitative estimate of drug-likeness (QED) is 0.486. The minimum Gasteiger partial charge on any atom is -0.197 e. The minimum absolute atomic E-state index is 0.202. The summed E-state index contributed by atoms with van der Waals surface area (Å²) in [5.74, 6) is 1.28. The van der Waals surface area contributed by atoms with Crippen LogP contribution in [0.4, 0.5) is 0 Å². The van der Waals surface area contributed by atoms with Crippen molar-refractivity contribution in [2.24, 2.45) is 17.3 Å². The zero-order chi connectivity index (χ0) is 8.48. The standard InChI is InChI=1S/C10H15N/c1-8-4-5-10(3,7-11)6-9(8)2/h4-5,8-9H,6H2,1-3H3. The molecule has 0 saturated carbocycles. The lowest BCUT2D eigenvalue weighted by Crippen LogP contribution is -2.23. The van der Waals surface area contributed by atoms with Gasteiger partial charge >= 0.3 is 0 Å². The Morgan fingerprint density at radius 2 is 2.18 bits per heavy atom. The molecule has 11 heavy (non-hydrogen) atoms. The lowest BCUT2D eigenvalue weighted by atomic mass is 9.73. The molecule has 0 saturated heterocycles. The van der Waals surface area contributed by atoms with Crippen LogP contribution in [0.25, 0.3) is 0 Å². The first-order valence-electron chi connectivity index (χ1n) is 4.18. The predicted octanol–water partition coefficient (Wildman–Crippen LogP) is 2.75. The average Bonchev–Trinajstić information content (AvgIpc) is 1.98. The van der Waals surface area contributed by atoms with Gasteiger partial charge in [-0.2, -0.15) is 5.26 Å². The van der Waals surface area contributed by atoms with Gasteiger partial charge < -0.3 is 0 Å². The van der Waals surface area contributed by atoms with Crippen molar-refractivity contribution in [3.05, 3.63) is 12.2 Å². The fourth-order valence-electron chi connectivity index (χ4n) is 1.56. The first-order chi connectivity index (χ1) is 5.07. The molecule has 0 radical (unpaired) electrons. The second kappa shape index (κ2) is 2.70. The van der Waals surface area contributed by atoms with Crippen LogP contribution in [0.15, 0.2) is 12.2 Å². The zero-order valence-corrected chi connectivity index (χ0v) is 7.46. The predicted molar refractivity (Wildman–Crippen MR) is 45.8 cm³/mol. The SMILES string of the molecule is CC1C=CC(C)(C#N)CC1C. The van der Waals surface area contributed by atoms with E-state index in [0.717, 1.165) is 6.42 Å². The number of hydrogen-bond donors (Lipinski definition) is 0. The van der Waals surface area contributed by atoms with Gasteiger partial charge in [0.15, 0.2) is 0 Å². The second-order valence-corrected chi connectivity index (χ2v) is 3.93. The van der Waals surface area contributed by atoms with Crippen molar-refractivity contribution in [1.29, 1.82) is 5.26 Å². The van der Waals surface area contributed by atoms with Crippen LogP contribution in [0.2, 0.25) is 0 Å². The van der Waals surface area contributed by atoms with E-state index in [1.807, 2.05) is 6.92 Å². The fraction of sp³-hybridized carbons (Fsp3) is 0.700. The highest BCUT2D eigenvalue weighted by molar-refractivity contribution is 5.15. The Labute approximate surface area is 68.7 Å². The summed E-state index contributed by atoms with van der Waals surface area (Å²) in [5.41, 5.74) is -0.202. The molecule has 0 N–H and O–H groups in total. The molecule has 0 aromatic rings. The van der Waals surface area contributed by atoms with Gasteiger partial charge in [0.25, 0.3) is 0 Å². The summed E-state index contributed by atoms with van der Waals surface area (Å²) < 4.78 is 0. The largest absolute Gasteiger partial charge is 0.197 e. The molecule has 60 valence electrons. The van der Waals surface area contributed by atoms with E-state index in [4.69, 9.17) is 5.26 Å². The van der Waals surface area contributed by atoms with E-state index < -0.39 is 0 Å². The summed E-state index contributed by atoms with van der Waals surface area (Å²) in [6.45, 7) is 6.42. The maximum Gasteiger partial charge on any atom is 0.0728 e. The summed E-state index contributed by atoms with van der Waals surface area (Å²) in [7, 11) is 0. The Bertz CT molecular complexity index is 211. The van der Waals surface area contributed by atoms with Crippen LogP contribution >= 0.6 is 0 Å². The number of nitriles is 1. The summed E-state index contributed by atoms with van der Waals surface area (Å²) in [5, 5.41) is 8.85. The van der Waals surface area contributed by atoms with Crippen LogP contribution in [0, 0.1) is 28.6 Å². The maximum absolute atomic E-state index is 8.85. The van der Waals surface area contributed by atoms with Crippen molar-refractivity contribution < 1.29 is 0 Å². The molecule has 0 spiro atoms. The Morgan fingerprint density at radius 1 is 1.55 bits per heavy atom. The second-order valence-electron chi connectivity index (χ2n) is 3.93. The lowest BCUT2D eigenvalue weighted by molar-refractivity contribution is 0.315.